The minimum atomic E-state index is -0.129. The second kappa shape index (κ2) is 8.96. The maximum atomic E-state index is 12.5. The van der Waals surface area contributed by atoms with Crippen LogP contribution >= 0.6 is 11.6 Å². The molecule has 0 spiro atoms. The molecule has 3 aromatic rings. The van der Waals surface area contributed by atoms with Gasteiger partial charge in [0, 0.05) is 43.1 Å². The number of urea groups is 1. The van der Waals surface area contributed by atoms with E-state index in [1.807, 2.05) is 49.4 Å². The second-order valence-electron chi connectivity index (χ2n) is 6.98. The minimum absolute atomic E-state index is 0.129. The van der Waals surface area contributed by atoms with Crippen LogP contribution in [0.2, 0.25) is 5.02 Å². The number of benzene rings is 1. The lowest BCUT2D eigenvalue weighted by Gasteiger charge is -2.35. The van der Waals surface area contributed by atoms with Gasteiger partial charge in [-0.1, -0.05) is 23.7 Å². The summed E-state index contributed by atoms with van der Waals surface area (Å²) in [7, 11) is 0. The smallest absolute Gasteiger partial charge is 0.321 e. The van der Waals surface area contributed by atoms with Crippen LogP contribution in [-0.2, 0) is 0 Å². The molecule has 0 unspecified atom stereocenters. The number of hydrogen-bond donors (Lipinski definition) is 2. The normalized spacial score (nSPS) is 13.8. The van der Waals surface area contributed by atoms with Crippen LogP contribution < -0.4 is 15.5 Å². The molecule has 1 saturated heterocycles. The third-order valence-corrected chi connectivity index (χ3v) is 5.29. The first-order valence-electron chi connectivity index (χ1n) is 9.67. The van der Waals surface area contributed by atoms with Crippen LogP contribution in [0.5, 0.6) is 0 Å². The highest BCUT2D eigenvalue weighted by Crippen LogP contribution is 2.21. The Labute approximate surface area is 179 Å². The van der Waals surface area contributed by atoms with Crippen molar-refractivity contribution < 1.29 is 4.79 Å². The molecule has 0 saturated carbocycles. The van der Waals surface area contributed by atoms with Crippen molar-refractivity contribution in [1.29, 1.82) is 0 Å². The maximum absolute atomic E-state index is 12.5. The number of piperazine rings is 1. The Morgan fingerprint density at radius 2 is 1.83 bits per heavy atom. The Kier molecular flexibility index (Phi) is 5.94. The largest absolute Gasteiger partial charge is 0.352 e. The number of nitrogens with one attached hydrogen (secondary N) is 2. The van der Waals surface area contributed by atoms with Gasteiger partial charge in [-0.2, -0.15) is 0 Å². The fourth-order valence-corrected chi connectivity index (χ4v) is 3.32. The molecular formula is C21H22ClN7O. The molecule has 4 rings (SSSR count). The first-order valence-corrected chi connectivity index (χ1v) is 10.0. The van der Waals surface area contributed by atoms with Gasteiger partial charge in [0.1, 0.15) is 5.82 Å². The lowest BCUT2D eigenvalue weighted by Crippen LogP contribution is -2.50. The molecule has 0 radical (unpaired) electrons. The van der Waals surface area contributed by atoms with Gasteiger partial charge in [-0.15, -0.1) is 10.2 Å². The summed E-state index contributed by atoms with van der Waals surface area (Å²) in [5, 5.41) is 15.2. The van der Waals surface area contributed by atoms with Gasteiger partial charge in [0.15, 0.2) is 11.6 Å². The van der Waals surface area contributed by atoms with Crippen LogP contribution in [-0.4, -0.2) is 52.3 Å². The molecule has 0 aliphatic carbocycles. The number of halogens is 1. The van der Waals surface area contributed by atoms with Gasteiger partial charge < -0.3 is 20.4 Å². The van der Waals surface area contributed by atoms with Crippen LogP contribution in [0, 0.1) is 6.92 Å². The van der Waals surface area contributed by atoms with Crippen molar-refractivity contribution in [2.75, 3.05) is 41.7 Å². The molecule has 154 valence electrons. The fourth-order valence-electron chi connectivity index (χ4n) is 3.14. The van der Waals surface area contributed by atoms with Crippen molar-refractivity contribution in [1.82, 2.24) is 20.1 Å². The van der Waals surface area contributed by atoms with E-state index in [1.165, 1.54) is 0 Å². The number of amides is 2. The summed E-state index contributed by atoms with van der Waals surface area (Å²) >= 11 is 6.13. The van der Waals surface area contributed by atoms with Crippen molar-refractivity contribution in [3.05, 3.63) is 65.3 Å². The quantitative estimate of drug-likeness (QED) is 0.661. The number of aryl methyl sites for hydroxylation is 1. The van der Waals surface area contributed by atoms with Crippen molar-refractivity contribution >= 4 is 40.8 Å². The number of nitrogens with zero attached hydrogens (tertiary/aromatic N) is 5. The monoisotopic (exact) mass is 423 g/mol. The van der Waals surface area contributed by atoms with E-state index >= 15 is 0 Å². The van der Waals surface area contributed by atoms with Crippen LogP contribution in [0.15, 0.2) is 54.7 Å². The van der Waals surface area contributed by atoms with Crippen LogP contribution in [0.3, 0.4) is 0 Å². The number of hydrogen-bond acceptors (Lipinski definition) is 6. The molecule has 9 heteroatoms. The molecule has 1 aliphatic heterocycles. The number of pyridine rings is 1. The van der Waals surface area contributed by atoms with Crippen molar-refractivity contribution in [3.63, 3.8) is 0 Å². The zero-order chi connectivity index (χ0) is 20.9. The summed E-state index contributed by atoms with van der Waals surface area (Å²) in [5.41, 5.74) is 1.67. The van der Waals surface area contributed by atoms with E-state index in [-0.39, 0.29) is 6.03 Å². The Morgan fingerprint density at radius 1 is 1.00 bits per heavy atom. The summed E-state index contributed by atoms with van der Waals surface area (Å²) in [6.07, 6.45) is 1.72. The fraction of sp³-hybridized carbons (Fsp3) is 0.238. The first kappa shape index (κ1) is 19.9. The Hall–Kier alpha value is -3.39. The molecular weight excluding hydrogens is 402 g/mol. The zero-order valence-electron chi connectivity index (χ0n) is 16.5. The molecule has 2 N–H and O–H groups in total. The average molecular weight is 424 g/mol. The Bertz CT molecular complexity index is 1010. The van der Waals surface area contributed by atoms with E-state index in [9.17, 15) is 4.79 Å². The van der Waals surface area contributed by atoms with E-state index in [2.05, 4.69) is 30.7 Å². The second-order valence-corrected chi connectivity index (χ2v) is 7.39. The molecule has 30 heavy (non-hydrogen) atoms. The number of carbonyl (C=O) groups excluding carboxylic acids is 1. The van der Waals surface area contributed by atoms with E-state index in [0.717, 1.165) is 11.4 Å². The highest BCUT2D eigenvalue weighted by Gasteiger charge is 2.22. The summed E-state index contributed by atoms with van der Waals surface area (Å²) in [6.45, 7) is 4.49. The van der Waals surface area contributed by atoms with Crippen LogP contribution in [0.1, 0.15) is 5.56 Å². The van der Waals surface area contributed by atoms with Gasteiger partial charge >= 0.3 is 6.03 Å². The Balaban J connectivity index is 1.30. The number of rotatable bonds is 4. The van der Waals surface area contributed by atoms with E-state index in [1.54, 1.807) is 17.2 Å². The molecule has 2 aromatic heterocycles. The summed E-state index contributed by atoms with van der Waals surface area (Å²) < 4.78 is 0. The third kappa shape index (κ3) is 4.77. The number of aromatic nitrogens is 3. The molecule has 1 aromatic carbocycles. The maximum Gasteiger partial charge on any atom is 0.321 e. The number of anilines is 4. The van der Waals surface area contributed by atoms with Gasteiger partial charge in [0.2, 0.25) is 0 Å². The van der Waals surface area contributed by atoms with Crippen LogP contribution in [0.25, 0.3) is 0 Å². The first-order chi connectivity index (χ1) is 14.6. The van der Waals surface area contributed by atoms with Gasteiger partial charge in [0.25, 0.3) is 0 Å². The van der Waals surface area contributed by atoms with Gasteiger partial charge in [0.05, 0.1) is 0 Å². The van der Waals surface area contributed by atoms with E-state index < -0.39 is 0 Å². The molecule has 1 fully saturated rings. The molecule has 1 aliphatic rings. The molecule has 3 heterocycles. The number of carbonyl (C=O) groups is 1. The predicted molar refractivity (Wildman–Crippen MR) is 119 cm³/mol. The van der Waals surface area contributed by atoms with E-state index in [4.69, 9.17) is 11.6 Å². The van der Waals surface area contributed by atoms with E-state index in [0.29, 0.717) is 48.5 Å². The molecule has 8 nitrogen and oxygen atoms in total. The summed E-state index contributed by atoms with van der Waals surface area (Å²) in [4.78, 5) is 20.6. The summed E-state index contributed by atoms with van der Waals surface area (Å²) in [6, 6.07) is 14.8. The topological polar surface area (TPSA) is 86.3 Å². The van der Waals surface area contributed by atoms with Gasteiger partial charge in [-0.25, -0.2) is 9.78 Å². The molecule has 0 atom stereocenters. The van der Waals surface area contributed by atoms with Crippen molar-refractivity contribution in [2.45, 2.75) is 6.92 Å². The predicted octanol–water partition coefficient (Wildman–Crippen LogP) is 3.93. The lowest BCUT2D eigenvalue weighted by atomic mass is 10.2. The third-order valence-electron chi connectivity index (χ3n) is 4.89. The highest BCUT2D eigenvalue weighted by atomic mass is 35.5. The van der Waals surface area contributed by atoms with Crippen molar-refractivity contribution in [2.24, 2.45) is 0 Å². The molecule has 2 amide bonds. The molecule has 0 bridgehead atoms. The zero-order valence-corrected chi connectivity index (χ0v) is 17.3. The van der Waals surface area contributed by atoms with Crippen molar-refractivity contribution in [3.8, 4) is 0 Å². The lowest BCUT2D eigenvalue weighted by molar-refractivity contribution is 0.208. The minimum Gasteiger partial charge on any atom is -0.352 e. The van der Waals surface area contributed by atoms with Crippen LogP contribution in [0.4, 0.5) is 27.9 Å². The standard InChI is InChI=1S/C21H22ClN7O/c1-15-5-6-16(14-17(15)22)24-21(30)29-12-10-28(11-13-29)20-8-7-19(26-27-20)25-18-4-2-3-9-23-18/h2-9,14H,10-13H2,1H3,(H,24,30)(H,23,25,26). The average Bonchev–Trinajstić information content (AvgIpc) is 2.78. The van der Waals surface area contributed by atoms with Gasteiger partial charge in [-0.3, -0.25) is 0 Å². The highest BCUT2D eigenvalue weighted by molar-refractivity contribution is 6.31. The Morgan fingerprint density at radius 3 is 2.50 bits per heavy atom. The SMILES string of the molecule is Cc1ccc(NC(=O)N2CCN(c3ccc(Nc4ccccn4)nn3)CC2)cc1Cl. The van der Waals surface area contributed by atoms with Gasteiger partial charge in [-0.05, 0) is 48.9 Å². The summed E-state index contributed by atoms with van der Waals surface area (Å²) in [5.74, 6) is 2.13.